The number of benzene rings is 8. The molecule has 0 amide bonds. The predicted molar refractivity (Wildman–Crippen MR) is 250 cm³/mol. The van der Waals surface area contributed by atoms with Gasteiger partial charge in [-0.15, -0.1) is 0 Å². The van der Waals surface area contributed by atoms with Gasteiger partial charge >= 0.3 is 0 Å². The van der Waals surface area contributed by atoms with Gasteiger partial charge in [-0.05, 0) is 85.5 Å². The summed E-state index contributed by atoms with van der Waals surface area (Å²) in [7, 11) is 0. The van der Waals surface area contributed by atoms with Crippen molar-refractivity contribution >= 4 is 43.7 Å². The third-order valence-corrected chi connectivity index (χ3v) is 13.8. The molecule has 0 saturated heterocycles. The number of furan rings is 1. The van der Waals surface area contributed by atoms with Gasteiger partial charge in [0.25, 0.3) is 0 Å². The largest absolute Gasteiger partial charge is 0.455 e. The summed E-state index contributed by atoms with van der Waals surface area (Å²) in [5.74, 6) is 0. The molecule has 0 atom stereocenters. The van der Waals surface area contributed by atoms with Crippen LogP contribution in [0.1, 0.15) is 47.2 Å². The maximum absolute atomic E-state index is 7.15. The van der Waals surface area contributed by atoms with Crippen LogP contribution in [0.15, 0.2) is 199 Å². The number of para-hydroxylation sites is 1. The van der Waals surface area contributed by atoms with E-state index in [9.17, 15) is 0 Å². The second-order valence-electron chi connectivity index (χ2n) is 17.2. The fourth-order valence-corrected chi connectivity index (χ4v) is 11.2. The molecule has 61 heavy (non-hydrogen) atoms. The lowest BCUT2D eigenvalue weighted by atomic mass is 9.67. The molecular weight excluding hydrogens is 741 g/mol. The van der Waals surface area contributed by atoms with Gasteiger partial charge < -0.3 is 4.42 Å². The van der Waals surface area contributed by atoms with E-state index in [1.165, 1.54) is 61.2 Å². The minimum absolute atomic E-state index is 0.335. The Kier molecular flexibility index (Phi) is 6.99. The van der Waals surface area contributed by atoms with E-state index in [0.29, 0.717) is 0 Å². The average Bonchev–Trinajstić information content (AvgIpc) is 3.93. The normalized spacial score (nSPS) is 14.3. The maximum atomic E-state index is 7.15. The van der Waals surface area contributed by atoms with E-state index in [1.54, 1.807) is 0 Å². The SMILES string of the molecule is CC1(C)c2ccccc2-c2c(-c3ccc4ccc5cccnc5c4n3)ccc(-c3cc4c(c5c3oc3ccccc35)-c3ccccc3C4(c3ccccc3)c3ccccc3)c21. The first-order chi connectivity index (χ1) is 30.0. The molecule has 13 rings (SSSR count). The van der Waals surface area contributed by atoms with E-state index in [-0.39, 0.29) is 5.41 Å². The summed E-state index contributed by atoms with van der Waals surface area (Å²) in [5, 5.41) is 4.45. The highest BCUT2D eigenvalue weighted by Gasteiger charge is 2.48. The zero-order valence-electron chi connectivity index (χ0n) is 33.8. The smallest absolute Gasteiger partial charge is 0.143 e. The Bertz CT molecular complexity index is 3580. The van der Waals surface area contributed by atoms with Gasteiger partial charge in [0.15, 0.2) is 0 Å². The fourth-order valence-electron chi connectivity index (χ4n) is 11.2. The molecule has 286 valence electrons. The van der Waals surface area contributed by atoms with Gasteiger partial charge in [-0.25, -0.2) is 4.98 Å². The first-order valence-corrected chi connectivity index (χ1v) is 21.2. The second kappa shape index (κ2) is 12.5. The number of fused-ring (bicyclic) bond motifs is 13. The number of hydrogen-bond acceptors (Lipinski definition) is 3. The highest BCUT2D eigenvalue weighted by atomic mass is 16.3. The summed E-state index contributed by atoms with van der Waals surface area (Å²) < 4.78 is 7.15. The molecule has 3 nitrogen and oxygen atoms in total. The number of aromatic nitrogens is 2. The molecule has 0 unspecified atom stereocenters. The lowest BCUT2D eigenvalue weighted by Crippen LogP contribution is -2.28. The second-order valence-corrected chi connectivity index (χ2v) is 17.2. The third-order valence-electron chi connectivity index (χ3n) is 13.8. The van der Waals surface area contributed by atoms with Gasteiger partial charge in [-0.1, -0.05) is 178 Å². The molecule has 0 saturated carbocycles. The fraction of sp³-hybridized carbons (Fsp3) is 0.0690. The molecule has 0 spiro atoms. The molecule has 11 aromatic rings. The van der Waals surface area contributed by atoms with Crippen molar-refractivity contribution in [1.29, 1.82) is 0 Å². The van der Waals surface area contributed by atoms with Crippen molar-refractivity contribution in [3.63, 3.8) is 0 Å². The summed E-state index contributed by atoms with van der Waals surface area (Å²) in [6.07, 6.45) is 1.86. The van der Waals surface area contributed by atoms with E-state index in [4.69, 9.17) is 14.4 Å². The third kappa shape index (κ3) is 4.53. The van der Waals surface area contributed by atoms with Crippen LogP contribution in [0.25, 0.3) is 88.4 Å². The van der Waals surface area contributed by atoms with E-state index in [1.807, 2.05) is 12.3 Å². The van der Waals surface area contributed by atoms with Crippen molar-refractivity contribution in [2.45, 2.75) is 24.7 Å². The van der Waals surface area contributed by atoms with Crippen molar-refractivity contribution in [3.05, 3.63) is 228 Å². The Balaban J connectivity index is 1.18. The van der Waals surface area contributed by atoms with Crippen LogP contribution in [0.3, 0.4) is 0 Å². The van der Waals surface area contributed by atoms with E-state index in [0.717, 1.165) is 60.6 Å². The Morgan fingerprint density at radius 2 is 1.08 bits per heavy atom. The van der Waals surface area contributed by atoms with Crippen LogP contribution in [0.2, 0.25) is 0 Å². The Labute approximate surface area is 353 Å². The molecule has 2 aliphatic carbocycles. The standard InChI is InChI=1S/C58H38N2O/c1-57(2)45-24-12-9-21-40(45)50-42(48-32-29-36-28-27-35-16-15-33-59-54(35)55(36)60-48)31-30-39(53(50)57)44-34-47-51(52-43-23-11-14-26-49(43)61-56(44)52)41-22-10-13-25-46(41)58(47,37-17-5-3-6-18-37)38-19-7-4-8-20-38/h3-34H,1-2H3. The summed E-state index contributed by atoms with van der Waals surface area (Å²) in [6, 6.07) is 68.6. The number of nitrogens with zero attached hydrogens (tertiary/aromatic N) is 2. The molecule has 0 bridgehead atoms. The zero-order valence-corrected chi connectivity index (χ0v) is 33.8. The van der Waals surface area contributed by atoms with Crippen LogP contribution < -0.4 is 0 Å². The van der Waals surface area contributed by atoms with E-state index in [2.05, 4.69) is 196 Å². The van der Waals surface area contributed by atoms with Gasteiger partial charge in [0.05, 0.1) is 22.1 Å². The highest BCUT2D eigenvalue weighted by Crippen LogP contribution is 2.62. The molecule has 0 radical (unpaired) electrons. The van der Waals surface area contributed by atoms with Crippen LogP contribution in [0.4, 0.5) is 0 Å². The van der Waals surface area contributed by atoms with Crippen LogP contribution in [-0.2, 0) is 10.8 Å². The monoisotopic (exact) mass is 778 g/mol. The summed E-state index contributed by atoms with van der Waals surface area (Å²) >= 11 is 0. The summed E-state index contributed by atoms with van der Waals surface area (Å²) in [5.41, 5.74) is 19.6. The van der Waals surface area contributed by atoms with Gasteiger partial charge in [0, 0.05) is 44.3 Å². The molecule has 3 heteroatoms. The van der Waals surface area contributed by atoms with E-state index < -0.39 is 5.41 Å². The molecular formula is C58H38N2O. The lowest BCUT2D eigenvalue weighted by molar-refractivity contribution is 0.659. The molecule has 3 aromatic heterocycles. The average molecular weight is 779 g/mol. The first-order valence-electron chi connectivity index (χ1n) is 21.2. The van der Waals surface area contributed by atoms with Gasteiger partial charge in [-0.2, -0.15) is 0 Å². The molecule has 8 aromatic carbocycles. The van der Waals surface area contributed by atoms with Crippen molar-refractivity contribution in [3.8, 4) is 44.6 Å². The molecule has 3 heterocycles. The molecule has 2 aliphatic rings. The zero-order chi connectivity index (χ0) is 40.5. The number of pyridine rings is 2. The topological polar surface area (TPSA) is 38.9 Å². The Hall–Kier alpha value is -7.62. The lowest BCUT2D eigenvalue weighted by Gasteiger charge is -2.34. The van der Waals surface area contributed by atoms with Gasteiger partial charge in [0.2, 0.25) is 0 Å². The van der Waals surface area contributed by atoms with Crippen LogP contribution in [-0.4, -0.2) is 9.97 Å². The van der Waals surface area contributed by atoms with Crippen LogP contribution >= 0.6 is 0 Å². The minimum atomic E-state index is -0.580. The Morgan fingerprint density at radius 1 is 0.459 bits per heavy atom. The van der Waals surface area contributed by atoms with Crippen molar-refractivity contribution < 1.29 is 4.42 Å². The van der Waals surface area contributed by atoms with Crippen molar-refractivity contribution in [2.24, 2.45) is 0 Å². The van der Waals surface area contributed by atoms with Crippen LogP contribution in [0.5, 0.6) is 0 Å². The number of rotatable bonds is 4. The van der Waals surface area contributed by atoms with Crippen molar-refractivity contribution in [2.75, 3.05) is 0 Å². The molecule has 0 N–H and O–H groups in total. The molecule has 0 fully saturated rings. The maximum Gasteiger partial charge on any atom is 0.143 e. The number of hydrogen-bond donors (Lipinski definition) is 0. The predicted octanol–water partition coefficient (Wildman–Crippen LogP) is 14.7. The summed E-state index contributed by atoms with van der Waals surface area (Å²) in [4.78, 5) is 10.2. The quantitative estimate of drug-likeness (QED) is 0.167. The van der Waals surface area contributed by atoms with Crippen LogP contribution in [0, 0.1) is 0 Å². The van der Waals surface area contributed by atoms with Gasteiger partial charge in [0.1, 0.15) is 11.2 Å². The van der Waals surface area contributed by atoms with E-state index >= 15 is 0 Å². The van der Waals surface area contributed by atoms with Crippen molar-refractivity contribution in [1.82, 2.24) is 9.97 Å². The molecule has 0 aliphatic heterocycles. The first kappa shape index (κ1) is 34.3. The minimum Gasteiger partial charge on any atom is -0.455 e. The Morgan fingerprint density at radius 3 is 1.85 bits per heavy atom. The highest BCUT2D eigenvalue weighted by molar-refractivity contribution is 6.20. The van der Waals surface area contributed by atoms with Gasteiger partial charge in [-0.3, -0.25) is 4.98 Å². The summed E-state index contributed by atoms with van der Waals surface area (Å²) in [6.45, 7) is 4.76.